The molecule has 21 heteroatoms. The number of rotatable bonds is 13. The second-order valence-electron chi connectivity index (χ2n) is 15.6. The molecular weight excluding hydrogens is 965 g/mol. The minimum atomic E-state index is -1.32. The van der Waals surface area contributed by atoms with Gasteiger partial charge in [0.25, 0.3) is 0 Å². The van der Waals surface area contributed by atoms with E-state index in [1.807, 2.05) is 0 Å². The van der Waals surface area contributed by atoms with Gasteiger partial charge in [0.15, 0.2) is 16.0 Å². The van der Waals surface area contributed by atoms with Crippen molar-refractivity contribution in [3.63, 3.8) is 0 Å². The van der Waals surface area contributed by atoms with Crippen LogP contribution in [-0.2, 0) is 24.0 Å². The summed E-state index contributed by atoms with van der Waals surface area (Å²) in [7, 11) is 0. The van der Waals surface area contributed by atoms with E-state index in [0.29, 0.717) is 50.4 Å². The van der Waals surface area contributed by atoms with Gasteiger partial charge in [-0.1, -0.05) is 23.9 Å². The molecule has 2 heterocycles. The Hall–Kier alpha value is -8.95. The van der Waals surface area contributed by atoms with Crippen LogP contribution in [0.4, 0.5) is 11.4 Å². The number of carboxylic acid groups (broad SMARTS) is 4. The third kappa shape index (κ3) is 11.3. The Balaban J connectivity index is 0.000000209. The molecule has 8 N–H and O–H groups in total. The normalized spacial score (nSPS) is 11.9. The molecule has 4 aliphatic rings. The molecule has 4 aromatic carbocycles. The van der Waals surface area contributed by atoms with Gasteiger partial charge in [0.05, 0.1) is 11.1 Å². The van der Waals surface area contributed by atoms with Gasteiger partial charge >= 0.3 is 23.9 Å². The van der Waals surface area contributed by atoms with E-state index < -0.39 is 64.1 Å². The maximum Gasteiger partial charge on any atom is 0.336 e. The second kappa shape index (κ2) is 20.7. The maximum atomic E-state index is 12.4. The zero-order valence-corrected chi connectivity index (χ0v) is 38.2. The van der Waals surface area contributed by atoms with Crippen LogP contribution in [0, 0.1) is 0 Å². The summed E-state index contributed by atoms with van der Waals surface area (Å²) < 4.78 is 11.6. The lowest BCUT2D eigenvalue weighted by Gasteiger charge is -2.17. The number of thiol groups is 1. The van der Waals surface area contributed by atoms with Crippen LogP contribution in [0.5, 0.6) is 11.5 Å². The van der Waals surface area contributed by atoms with Gasteiger partial charge in [-0.2, -0.15) is 12.6 Å². The van der Waals surface area contributed by atoms with Gasteiger partial charge < -0.3 is 50.1 Å². The summed E-state index contributed by atoms with van der Waals surface area (Å²) in [5.74, 6) is -6.25. The number of phenols is 2. The van der Waals surface area contributed by atoms with Gasteiger partial charge in [-0.05, 0) is 83.9 Å². The summed E-state index contributed by atoms with van der Waals surface area (Å²) in [6.07, 6.45) is -0.903. The van der Waals surface area contributed by atoms with Crippen LogP contribution in [0.1, 0.15) is 40.5 Å². The highest BCUT2D eigenvalue weighted by Gasteiger charge is 2.27. The Morgan fingerprint density at radius 1 is 0.549 bits per heavy atom. The zero-order valence-electron chi connectivity index (χ0n) is 36.5. The Morgan fingerprint density at radius 2 is 0.972 bits per heavy atom. The number of carboxylic acids is 4. The zero-order chi connectivity index (χ0) is 51.4. The summed E-state index contributed by atoms with van der Waals surface area (Å²) >= 11 is 4.34. The van der Waals surface area contributed by atoms with Crippen molar-refractivity contribution in [3.8, 4) is 56.4 Å². The van der Waals surface area contributed by atoms with Gasteiger partial charge in [-0.25, -0.2) is 9.59 Å². The molecule has 0 saturated carbocycles. The van der Waals surface area contributed by atoms with E-state index in [0.717, 1.165) is 0 Å². The first-order valence-electron chi connectivity index (χ1n) is 20.7. The first-order valence-corrected chi connectivity index (χ1v) is 22.1. The summed E-state index contributed by atoms with van der Waals surface area (Å²) in [5.41, 5.74) is 2.19. The number of fused-ring (bicyclic) bond motifs is 4. The predicted molar refractivity (Wildman–Crippen MR) is 263 cm³/mol. The number of amides is 2. The lowest BCUT2D eigenvalue weighted by Crippen LogP contribution is -2.25. The fraction of sp³-hybridized carbons (Fsp3) is 0.100. The Bertz CT molecular complexity index is 3570. The number of aliphatic carboxylic acids is 2. The Labute approximate surface area is 408 Å². The molecule has 2 aliphatic heterocycles. The average Bonchev–Trinajstić information content (AvgIpc) is 3.29. The molecule has 0 bridgehead atoms. The van der Waals surface area contributed by atoms with E-state index in [9.17, 15) is 68.7 Å². The number of thioether (sulfide) groups is 1. The molecule has 71 heavy (non-hydrogen) atoms. The number of nitrogens with one attached hydrogen (secondary N) is 2. The molecule has 2 amide bonds. The van der Waals surface area contributed by atoms with Crippen LogP contribution >= 0.6 is 24.4 Å². The largest absolute Gasteiger partial charge is 0.508 e. The fourth-order valence-electron chi connectivity index (χ4n) is 7.57. The number of phenolic OH excluding ortho intramolecular Hbond substituents is 2. The van der Waals surface area contributed by atoms with E-state index in [2.05, 4.69) is 23.3 Å². The highest BCUT2D eigenvalue weighted by atomic mass is 32.2. The Kier molecular flexibility index (Phi) is 14.6. The second-order valence-corrected chi connectivity index (χ2v) is 17.6. The molecular formula is C50H36N2O17S2. The van der Waals surface area contributed by atoms with Crippen molar-refractivity contribution >= 4 is 98.5 Å². The molecule has 360 valence electrons. The molecule has 0 radical (unpaired) electrons. The predicted octanol–water partition coefficient (Wildman–Crippen LogP) is 7.71. The maximum absolute atomic E-state index is 12.4. The highest BCUT2D eigenvalue weighted by Crippen LogP contribution is 2.44. The molecule has 0 saturated heterocycles. The summed E-state index contributed by atoms with van der Waals surface area (Å²) in [5, 5.41) is 60.9. The molecule has 2 atom stereocenters. The topological polar surface area (TPSA) is 325 Å². The molecule has 0 aromatic heterocycles. The van der Waals surface area contributed by atoms with Gasteiger partial charge in [0.1, 0.15) is 44.7 Å². The van der Waals surface area contributed by atoms with Crippen molar-refractivity contribution in [2.45, 2.75) is 30.3 Å². The summed E-state index contributed by atoms with van der Waals surface area (Å²) in [4.78, 5) is 106. The van der Waals surface area contributed by atoms with E-state index in [1.54, 1.807) is 12.1 Å². The van der Waals surface area contributed by atoms with Crippen LogP contribution in [0.15, 0.2) is 128 Å². The molecule has 2 aliphatic carbocycles. The standard InChI is InChI=1S/C26H19NO9S.C24H17NO8S/c1-12(28)37-22(26(34)35)11-23(31)27-13-2-5-16(19(8-13)25(32)33)24-17-6-3-14(29)9-20(17)36-21-10-15(30)4-7-18(21)24;26-12-2-5-15-18(8-12)33-19-9-13(27)3-6-16(19)22(15)14-4-1-11(7-17(14)23(29)30)25-21(28)10-20(34)24(31)32/h2-10,22,29H,11H2,1H3,(H,27,31)(H,32,33)(H,34,35);1-9,20,26,34H,10H2,(H,25,28)(H,29,30)(H,31,32). The van der Waals surface area contributed by atoms with Crippen molar-refractivity contribution in [1.82, 2.24) is 0 Å². The van der Waals surface area contributed by atoms with E-state index >= 15 is 0 Å². The number of hydrogen-bond acceptors (Lipinski definition) is 15. The first-order chi connectivity index (χ1) is 33.7. The van der Waals surface area contributed by atoms with Crippen molar-refractivity contribution in [3.05, 3.63) is 141 Å². The van der Waals surface area contributed by atoms with Crippen molar-refractivity contribution in [2.24, 2.45) is 0 Å². The Morgan fingerprint density at radius 3 is 1.37 bits per heavy atom. The van der Waals surface area contributed by atoms with Crippen LogP contribution in [-0.4, -0.2) is 81.9 Å². The van der Waals surface area contributed by atoms with Crippen molar-refractivity contribution in [2.75, 3.05) is 10.6 Å². The van der Waals surface area contributed by atoms with E-state index in [4.69, 9.17) is 13.9 Å². The number of carbonyl (C=O) groups excluding carboxylic acids is 3. The molecule has 4 aromatic rings. The van der Waals surface area contributed by atoms with Gasteiger partial charge in [0.2, 0.25) is 11.8 Å². The number of aromatic carboxylic acids is 2. The average molecular weight is 1000 g/mol. The minimum absolute atomic E-state index is 0.0693. The molecule has 0 spiro atoms. The van der Waals surface area contributed by atoms with E-state index in [-0.39, 0.29) is 73.1 Å². The smallest absolute Gasteiger partial charge is 0.336 e. The van der Waals surface area contributed by atoms with E-state index in [1.165, 1.54) is 104 Å². The quantitative estimate of drug-likeness (QED) is 0.0394. The number of anilines is 2. The number of hydrogen-bond donors (Lipinski definition) is 9. The number of carbonyl (C=O) groups is 7. The fourth-order valence-corrected chi connectivity index (χ4v) is 8.47. The summed E-state index contributed by atoms with van der Waals surface area (Å²) in [6.45, 7) is 1.19. The SMILES string of the molecule is CC(=O)SC(CC(=O)Nc1ccc(-c2c3ccc(=O)cc-3oc3cc(O)ccc23)c(C(=O)O)c1)C(=O)O.O=C(CC(S)C(=O)O)Nc1ccc(-c2c3ccc(=O)cc-3oc3cc(O)ccc23)c(C(=O)O)c1. The van der Waals surface area contributed by atoms with Gasteiger partial charge in [-0.3, -0.25) is 33.6 Å². The van der Waals surface area contributed by atoms with Crippen LogP contribution in [0.25, 0.3) is 66.8 Å². The lowest BCUT2D eigenvalue weighted by molar-refractivity contribution is -0.138. The molecule has 19 nitrogen and oxygen atoms in total. The van der Waals surface area contributed by atoms with Crippen LogP contribution in [0.3, 0.4) is 0 Å². The third-order valence-corrected chi connectivity index (χ3v) is 12.0. The van der Waals surface area contributed by atoms with Crippen LogP contribution in [0.2, 0.25) is 0 Å². The van der Waals surface area contributed by atoms with Gasteiger partial charge in [-0.15, -0.1) is 0 Å². The molecule has 0 fully saturated rings. The molecule has 2 unspecified atom stereocenters. The van der Waals surface area contributed by atoms with Crippen molar-refractivity contribution < 1.29 is 73.0 Å². The number of benzene rings is 6. The lowest BCUT2D eigenvalue weighted by atomic mass is 9.90. The van der Waals surface area contributed by atoms with Crippen molar-refractivity contribution in [1.29, 1.82) is 0 Å². The van der Waals surface area contributed by atoms with Crippen LogP contribution < -0.4 is 21.5 Å². The third-order valence-electron chi connectivity index (χ3n) is 10.6. The molecule has 8 rings (SSSR count). The highest BCUT2D eigenvalue weighted by molar-refractivity contribution is 8.14. The monoisotopic (exact) mass is 1000 g/mol. The minimum Gasteiger partial charge on any atom is -0.508 e. The number of aromatic hydroxyl groups is 2. The summed E-state index contributed by atoms with van der Waals surface area (Å²) in [6, 6.07) is 25.3. The first kappa shape index (κ1) is 49.9. The van der Waals surface area contributed by atoms with Gasteiger partial charge in [0, 0.05) is 88.4 Å².